The summed E-state index contributed by atoms with van der Waals surface area (Å²) >= 11 is 0. The fraction of sp³-hybridized carbons (Fsp3) is 0.826. The number of unbranched alkanes of at least 4 members (excludes halogenated alkanes) is 6. The van der Waals surface area contributed by atoms with Crippen LogP contribution in [-0.2, 0) is 46.1 Å². The van der Waals surface area contributed by atoms with Gasteiger partial charge in [0.05, 0.1) is 6.42 Å². The van der Waals surface area contributed by atoms with Gasteiger partial charge in [0.1, 0.15) is 0 Å². The van der Waals surface area contributed by atoms with E-state index in [2.05, 4.69) is 20.2 Å². The second kappa shape index (κ2) is 17.0. The molecule has 39 heavy (non-hydrogen) atoms. The largest absolute Gasteiger partial charge is 0.500 e. The Labute approximate surface area is 234 Å². The summed E-state index contributed by atoms with van der Waals surface area (Å²) in [4.78, 5) is 8.78. The van der Waals surface area contributed by atoms with Gasteiger partial charge < -0.3 is 38.0 Å². The van der Waals surface area contributed by atoms with Gasteiger partial charge >= 0.3 is 17.6 Å². The molecule has 0 aliphatic carbocycles. The second-order valence-corrected chi connectivity index (χ2v) is 15.5. The zero-order valence-electron chi connectivity index (χ0n) is 24.5. The van der Waals surface area contributed by atoms with E-state index in [-0.39, 0.29) is 0 Å². The molecule has 0 saturated heterocycles. The third-order valence-corrected chi connectivity index (χ3v) is 12.5. The molecule has 2 aromatic heterocycles. The molecule has 4 N–H and O–H groups in total. The van der Waals surface area contributed by atoms with Crippen LogP contribution in [0.4, 0.5) is 11.9 Å². The molecule has 0 amide bonds. The third-order valence-electron chi connectivity index (χ3n) is 6.88. The Bertz CT molecular complexity index is 864. The second-order valence-electron chi connectivity index (χ2n) is 9.31. The number of anilines is 2. The van der Waals surface area contributed by atoms with Crippen LogP contribution in [0.2, 0.25) is 12.1 Å². The fourth-order valence-electron chi connectivity index (χ4n) is 4.45. The van der Waals surface area contributed by atoms with Crippen molar-refractivity contribution in [3.8, 4) is 0 Å². The molecule has 0 radical (unpaired) electrons. The molecule has 2 rings (SSSR count). The van der Waals surface area contributed by atoms with E-state index < -0.39 is 17.6 Å². The lowest BCUT2D eigenvalue weighted by atomic mass is 10.2. The van der Waals surface area contributed by atoms with Gasteiger partial charge in [0.15, 0.2) is 11.6 Å². The van der Waals surface area contributed by atoms with Gasteiger partial charge in [-0.3, -0.25) is 0 Å². The van der Waals surface area contributed by atoms with E-state index in [4.69, 9.17) is 38.0 Å². The first-order chi connectivity index (χ1) is 18.8. The van der Waals surface area contributed by atoms with Crippen LogP contribution < -0.4 is 11.5 Å². The van der Waals surface area contributed by atoms with E-state index >= 15 is 0 Å². The van der Waals surface area contributed by atoms with Crippen molar-refractivity contribution in [2.24, 2.45) is 0 Å². The molecule has 2 aromatic rings. The highest BCUT2D eigenvalue weighted by atomic mass is 28.4. The maximum atomic E-state index is 6.09. The van der Waals surface area contributed by atoms with Crippen molar-refractivity contribution in [3.63, 3.8) is 0 Å². The number of nitrogens with two attached hydrogens (primary N) is 2. The van der Waals surface area contributed by atoms with Gasteiger partial charge in [0.2, 0.25) is 11.9 Å². The molecule has 224 valence electrons. The van der Waals surface area contributed by atoms with E-state index in [1.165, 1.54) is 0 Å². The summed E-state index contributed by atoms with van der Waals surface area (Å²) in [6, 6.07) is 1.60. The summed E-state index contributed by atoms with van der Waals surface area (Å²) in [6.07, 6.45) is 8.38. The predicted molar refractivity (Wildman–Crippen MR) is 152 cm³/mol. The highest BCUT2D eigenvalue weighted by Crippen LogP contribution is 2.19. The Morgan fingerprint density at radius 2 is 0.872 bits per heavy atom. The van der Waals surface area contributed by atoms with Gasteiger partial charge in [-0.15, -0.1) is 0 Å². The lowest BCUT2D eigenvalue weighted by Crippen LogP contribution is -2.42. The zero-order valence-corrected chi connectivity index (χ0v) is 26.5. The van der Waals surface area contributed by atoms with Crippen molar-refractivity contribution in [1.29, 1.82) is 0 Å². The number of nitrogen functional groups attached to an aromatic ring is 2. The fourth-order valence-corrected chi connectivity index (χ4v) is 8.04. The third kappa shape index (κ3) is 10.2. The Morgan fingerprint density at radius 1 is 0.538 bits per heavy atom. The van der Waals surface area contributed by atoms with Crippen molar-refractivity contribution >= 4 is 29.5 Å². The molecule has 0 aliphatic rings. The van der Waals surface area contributed by atoms with Crippen LogP contribution in [0, 0.1) is 0 Å². The first kappa shape index (κ1) is 33.3. The monoisotopic (exact) mass is 588 g/mol. The molecule has 0 saturated carbocycles. The quantitative estimate of drug-likeness (QED) is 0.152. The molecule has 2 heterocycles. The maximum absolute atomic E-state index is 6.09. The number of rotatable bonds is 22. The van der Waals surface area contributed by atoms with Crippen LogP contribution in [0.3, 0.4) is 0 Å². The molecule has 14 nitrogen and oxygen atoms in total. The number of aryl methyl sites for hydroxylation is 2. The summed E-state index contributed by atoms with van der Waals surface area (Å²) in [5.41, 5.74) is 12.2. The Morgan fingerprint density at radius 3 is 1.21 bits per heavy atom. The molecule has 0 bridgehead atoms. The number of hydrogen-bond acceptors (Lipinski definition) is 12. The molecule has 0 fully saturated rings. The minimum Gasteiger partial charge on any atom is -0.377 e. The predicted octanol–water partition coefficient (Wildman–Crippen LogP) is 2.50. The first-order valence-electron chi connectivity index (χ1n) is 13.5. The van der Waals surface area contributed by atoms with Crippen molar-refractivity contribution in [2.75, 3.05) is 54.1 Å². The molecular formula is C23H48N8O6Si2. The van der Waals surface area contributed by atoms with Gasteiger partial charge in [-0.05, 0) is 25.7 Å². The normalized spacial score (nSPS) is 12.5. The van der Waals surface area contributed by atoms with E-state index in [0.717, 1.165) is 63.5 Å². The first-order valence-corrected chi connectivity index (χ1v) is 17.4. The average Bonchev–Trinajstić information content (AvgIpc) is 3.48. The molecular weight excluding hydrogens is 540 g/mol. The summed E-state index contributed by atoms with van der Waals surface area (Å²) in [7, 11) is 4.86. The molecule has 16 heteroatoms. The molecule has 0 aromatic carbocycles. The summed E-state index contributed by atoms with van der Waals surface area (Å²) in [5.74, 6) is 1.96. The smallest absolute Gasteiger partial charge is 0.377 e. The van der Waals surface area contributed by atoms with Crippen molar-refractivity contribution in [3.05, 3.63) is 11.6 Å². The molecule has 0 spiro atoms. The molecule has 0 aliphatic heterocycles. The van der Waals surface area contributed by atoms with Crippen molar-refractivity contribution in [1.82, 2.24) is 29.5 Å². The highest BCUT2D eigenvalue weighted by Gasteiger charge is 2.37. The standard InChI is InChI=1S/C23H48N8O6Si2/c1-32-38(33-2,34-3)17-13-9-7-11-15-30-22(24)26-20(28-30)19-21-27-23(25)31(29-21)16-12-8-10-14-18-39(35-4,36-5)37-6/h7-19H2,1-6H3,(H2,24,26,28)(H2,25,27,29). The Balaban J connectivity index is 1.72. The molecule has 0 atom stereocenters. The van der Waals surface area contributed by atoms with Crippen LogP contribution in [-0.4, -0.2) is 89.8 Å². The van der Waals surface area contributed by atoms with E-state index in [0.29, 0.717) is 43.1 Å². The Kier molecular flexibility index (Phi) is 14.5. The van der Waals surface area contributed by atoms with Crippen molar-refractivity contribution < 1.29 is 26.6 Å². The summed E-state index contributed by atoms with van der Waals surface area (Å²) < 4.78 is 36.3. The lowest BCUT2D eigenvalue weighted by molar-refractivity contribution is 0.122. The minimum atomic E-state index is -2.49. The molecule has 0 unspecified atom stereocenters. The van der Waals surface area contributed by atoms with Crippen LogP contribution in [0.15, 0.2) is 0 Å². The van der Waals surface area contributed by atoms with Gasteiger partial charge in [-0.1, -0.05) is 25.7 Å². The maximum Gasteiger partial charge on any atom is 0.500 e. The van der Waals surface area contributed by atoms with Gasteiger partial charge in [0, 0.05) is 67.8 Å². The SMILES string of the molecule is CO[Si](CCCCCCn1nc(Cc2nc(N)n(CCCCCC[Si](OC)(OC)OC)n2)nc1N)(OC)OC. The van der Waals surface area contributed by atoms with E-state index in [1.807, 2.05) is 0 Å². The number of aromatic nitrogens is 6. The minimum absolute atomic E-state index is 0.379. The zero-order chi connectivity index (χ0) is 28.7. The average molecular weight is 589 g/mol. The lowest BCUT2D eigenvalue weighted by Gasteiger charge is -2.24. The van der Waals surface area contributed by atoms with Gasteiger partial charge in [-0.2, -0.15) is 20.2 Å². The van der Waals surface area contributed by atoms with Crippen LogP contribution in [0.1, 0.15) is 63.0 Å². The highest BCUT2D eigenvalue weighted by molar-refractivity contribution is 6.60. The topological polar surface area (TPSA) is 169 Å². The Hall–Kier alpha value is -1.93. The van der Waals surface area contributed by atoms with Crippen LogP contribution in [0.5, 0.6) is 0 Å². The number of nitrogens with zero attached hydrogens (tertiary/aromatic N) is 6. The summed E-state index contributed by atoms with van der Waals surface area (Å²) in [5, 5.41) is 9.09. The van der Waals surface area contributed by atoms with Crippen LogP contribution >= 0.6 is 0 Å². The van der Waals surface area contributed by atoms with E-state index in [9.17, 15) is 0 Å². The summed E-state index contributed by atoms with van der Waals surface area (Å²) in [6.45, 7) is 1.40. The van der Waals surface area contributed by atoms with Crippen molar-refractivity contribution in [2.45, 2.75) is 83.0 Å². The van der Waals surface area contributed by atoms with E-state index in [1.54, 1.807) is 52.0 Å². The van der Waals surface area contributed by atoms with Crippen LogP contribution in [0.25, 0.3) is 0 Å². The van der Waals surface area contributed by atoms with Gasteiger partial charge in [0.25, 0.3) is 0 Å². The van der Waals surface area contributed by atoms with Gasteiger partial charge in [-0.25, -0.2) is 9.36 Å². The number of hydrogen-bond donors (Lipinski definition) is 2.